The van der Waals surface area contributed by atoms with Gasteiger partial charge in [-0.2, -0.15) is 0 Å². The van der Waals surface area contributed by atoms with Crippen molar-refractivity contribution in [3.63, 3.8) is 0 Å². The molecule has 2 aliphatic heterocycles. The summed E-state index contributed by atoms with van der Waals surface area (Å²) in [6.45, 7) is 6.48. The van der Waals surface area contributed by atoms with Gasteiger partial charge < -0.3 is 24.4 Å². The number of halogens is 1. The molecule has 6 atom stereocenters. The lowest BCUT2D eigenvalue weighted by molar-refractivity contribution is -0.141. The fourth-order valence-corrected chi connectivity index (χ4v) is 5.96. The number of alkyl carbamates (subject to hydrolysis) is 1. The van der Waals surface area contributed by atoms with Crippen molar-refractivity contribution in [2.45, 2.75) is 103 Å². The average Bonchev–Trinajstić information content (AvgIpc) is 3.58. The van der Waals surface area contributed by atoms with Crippen LogP contribution in [0.25, 0.3) is 11.0 Å². The third-order valence-electron chi connectivity index (χ3n) is 8.47. The second-order valence-electron chi connectivity index (χ2n) is 12.8. The molecule has 0 spiro atoms. The Hall–Kier alpha value is -3.50. The molecule has 2 aromatic rings. The molecule has 5 rings (SSSR count). The number of nitrogens with zero attached hydrogens (tertiary/aromatic N) is 3. The van der Waals surface area contributed by atoms with Crippen LogP contribution in [0.5, 0.6) is 11.6 Å². The summed E-state index contributed by atoms with van der Waals surface area (Å²) in [4.78, 5) is 50.2. The molecule has 1 saturated heterocycles. The van der Waals surface area contributed by atoms with Gasteiger partial charge in [0.05, 0.1) is 24.7 Å². The van der Waals surface area contributed by atoms with Crippen LogP contribution >= 0.6 is 0 Å². The van der Waals surface area contributed by atoms with Crippen LogP contribution in [0.4, 0.5) is 9.18 Å². The number of alkyl halides is 1. The van der Waals surface area contributed by atoms with E-state index in [1.165, 1.54) is 11.8 Å². The second-order valence-corrected chi connectivity index (χ2v) is 12.8. The molecule has 10 nitrogen and oxygen atoms in total. The molecule has 1 aromatic heterocycles. The molecule has 0 unspecified atom stereocenters. The molecule has 3 aliphatic rings. The second kappa shape index (κ2) is 12.0. The van der Waals surface area contributed by atoms with Crippen molar-refractivity contribution in [3.05, 3.63) is 23.9 Å². The van der Waals surface area contributed by atoms with E-state index in [4.69, 9.17) is 24.2 Å². The Balaban J connectivity index is 1.50. The highest BCUT2D eigenvalue weighted by molar-refractivity contribution is 5.93. The lowest BCUT2D eigenvalue weighted by Crippen LogP contribution is -2.57. The number of ether oxygens (including phenoxy) is 3. The zero-order valence-electron chi connectivity index (χ0n) is 25.0. The van der Waals surface area contributed by atoms with E-state index < -0.39 is 47.6 Å². The molecule has 1 saturated carbocycles. The minimum absolute atomic E-state index is 0.165. The number of fused-ring (bicyclic) bond motifs is 5. The molecule has 228 valence electrons. The topological polar surface area (TPSA) is 120 Å². The molecule has 2 fully saturated rings. The highest BCUT2D eigenvalue weighted by atomic mass is 19.1. The Kier molecular flexibility index (Phi) is 8.57. The molecular weight excluding hydrogens is 543 g/mol. The number of rotatable bonds is 2. The summed E-state index contributed by atoms with van der Waals surface area (Å²) in [5, 5.41) is 2.72. The molecule has 1 N–H and O–H groups in total. The van der Waals surface area contributed by atoms with Gasteiger partial charge in [-0.05, 0) is 56.1 Å². The number of ketones is 1. The van der Waals surface area contributed by atoms with Crippen molar-refractivity contribution in [1.82, 2.24) is 20.2 Å². The highest BCUT2D eigenvalue weighted by Crippen LogP contribution is 2.39. The summed E-state index contributed by atoms with van der Waals surface area (Å²) in [6.07, 6.45) is 2.44. The number of aryl methyl sites for hydroxylation is 1. The maximum Gasteiger partial charge on any atom is 0.408 e. The van der Waals surface area contributed by atoms with E-state index in [1.54, 1.807) is 33.9 Å². The lowest BCUT2D eigenvalue weighted by atomic mass is 9.85. The Morgan fingerprint density at radius 1 is 1.07 bits per heavy atom. The number of amides is 2. The van der Waals surface area contributed by atoms with Gasteiger partial charge in [-0.25, -0.2) is 19.2 Å². The van der Waals surface area contributed by atoms with Gasteiger partial charge in [0, 0.05) is 6.07 Å². The van der Waals surface area contributed by atoms with Gasteiger partial charge in [-0.3, -0.25) is 9.59 Å². The van der Waals surface area contributed by atoms with Gasteiger partial charge in [0.2, 0.25) is 11.8 Å². The van der Waals surface area contributed by atoms with Crippen molar-refractivity contribution in [3.8, 4) is 11.6 Å². The average molecular weight is 585 g/mol. The quantitative estimate of drug-likeness (QED) is 0.546. The maximum absolute atomic E-state index is 16.0. The van der Waals surface area contributed by atoms with Gasteiger partial charge in [-0.1, -0.05) is 40.0 Å². The van der Waals surface area contributed by atoms with E-state index in [-0.39, 0.29) is 18.5 Å². The van der Waals surface area contributed by atoms with Gasteiger partial charge in [0.25, 0.3) is 0 Å². The van der Waals surface area contributed by atoms with Crippen molar-refractivity contribution < 1.29 is 33.0 Å². The number of Topliss-reactive ketones (excluding diaryl/α,β-unsaturated/α-hetero) is 1. The molecule has 42 heavy (non-hydrogen) atoms. The van der Waals surface area contributed by atoms with E-state index in [2.05, 4.69) is 5.32 Å². The van der Waals surface area contributed by atoms with Gasteiger partial charge >= 0.3 is 6.09 Å². The number of carbonyl (C=O) groups excluding carboxylic acids is 3. The largest absolute Gasteiger partial charge is 0.497 e. The number of nitrogens with one attached hydrogen (secondary N) is 1. The van der Waals surface area contributed by atoms with Crippen LogP contribution in [-0.4, -0.2) is 76.8 Å². The number of aromatic nitrogens is 2. The summed E-state index contributed by atoms with van der Waals surface area (Å²) < 4.78 is 33.2. The Bertz CT molecular complexity index is 1350. The third-order valence-corrected chi connectivity index (χ3v) is 8.47. The van der Waals surface area contributed by atoms with E-state index >= 15 is 4.39 Å². The number of hydrogen-bond donors (Lipinski definition) is 1. The summed E-state index contributed by atoms with van der Waals surface area (Å²) in [5.74, 6) is 0.0390. The fraction of sp³-hybridized carbons (Fsp3) is 0.645. The van der Waals surface area contributed by atoms with Crippen molar-refractivity contribution in [2.75, 3.05) is 13.7 Å². The first-order valence-corrected chi connectivity index (χ1v) is 14.9. The first-order chi connectivity index (χ1) is 20.0. The monoisotopic (exact) mass is 584 g/mol. The first-order valence-electron chi connectivity index (χ1n) is 14.9. The van der Waals surface area contributed by atoms with E-state index in [1.807, 2.05) is 12.1 Å². The van der Waals surface area contributed by atoms with Crippen LogP contribution in [0.2, 0.25) is 0 Å². The van der Waals surface area contributed by atoms with Crippen LogP contribution in [0.1, 0.15) is 71.9 Å². The standard InChI is InChI=1S/C31H41FN4O6/c1-17(37)26-25(32)24-16-36(26)29(38)27(31(2,3)4)35-30(39)42-23-14-18(23)10-8-6-7-9-11-21-28(41-24)34-22-15-19(40-5)12-13-20(22)33-21/h12-13,15,18,23-27H,6-11,14,16H2,1-5H3,(H,35,39)/t18-,23-,24+,25-,26-,27-/m1/s1. The van der Waals surface area contributed by atoms with Crippen LogP contribution in [0.15, 0.2) is 18.2 Å². The summed E-state index contributed by atoms with van der Waals surface area (Å²) in [6, 6.07) is 2.97. The number of methoxy groups -OCH3 is 1. The van der Waals surface area contributed by atoms with Crippen molar-refractivity contribution >= 4 is 28.8 Å². The van der Waals surface area contributed by atoms with Crippen LogP contribution in [-0.2, 0) is 20.7 Å². The zero-order chi connectivity index (χ0) is 30.2. The molecule has 2 bridgehead atoms. The Labute approximate surface area is 245 Å². The van der Waals surface area contributed by atoms with Gasteiger partial charge in [0.1, 0.15) is 29.6 Å². The minimum atomic E-state index is -1.80. The summed E-state index contributed by atoms with van der Waals surface area (Å²) >= 11 is 0. The van der Waals surface area contributed by atoms with E-state index in [0.29, 0.717) is 34.8 Å². The molecule has 11 heteroatoms. The van der Waals surface area contributed by atoms with Crippen LogP contribution in [0, 0.1) is 11.3 Å². The molecule has 1 aromatic carbocycles. The van der Waals surface area contributed by atoms with E-state index in [0.717, 1.165) is 38.5 Å². The van der Waals surface area contributed by atoms with E-state index in [9.17, 15) is 14.4 Å². The smallest absolute Gasteiger partial charge is 0.408 e. The minimum Gasteiger partial charge on any atom is -0.497 e. The molecular formula is C31H41FN4O6. The number of carbonyl (C=O) groups is 3. The van der Waals surface area contributed by atoms with Crippen LogP contribution in [0.3, 0.4) is 0 Å². The number of hydrogen-bond acceptors (Lipinski definition) is 8. The predicted octanol–water partition coefficient (Wildman–Crippen LogP) is 4.56. The van der Waals surface area contributed by atoms with Gasteiger partial charge in [0.15, 0.2) is 18.1 Å². The van der Waals surface area contributed by atoms with Crippen molar-refractivity contribution in [2.24, 2.45) is 11.3 Å². The normalized spacial score (nSPS) is 29.1. The molecule has 0 radical (unpaired) electrons. The Morgan fingerprint density at radius 3 is 2.55 bits per heavy atom. The van der Waals surface area contributed by atoms with Crippen LogP contribution < -0.4 is 14.8 Å². The lowest BCUT2D eigenvalue weighted by Gasteiger charge is -2.34. The van der Waals surface area contributed by atoms with Crippen molar-refractivity contribution in [1.29, 1.82) is 0 Å². The maximum atomic E-state index is 16.0. The summed E-state index contributed by atoms with van der Waals surface area (Å²) in [7, 11) is 1.56. The SMILES string of the molecule is COc1ccc2nc3c(nc2c1)O[C@H]1CN(C(=O)[C@H](C(C)(C)C)NC(=O)O[C@@H]2C[C@H]2CCCCCC3)[C@H](C(C)=O)[C@@H]1F. The third kappa shape index (κ3) is 6.44. The molecule has 2 amide bonds. The Morgan fingerprint density at radius 2 is 1.83 bits per heavy atom. The predicted molar refractivity (Wildman–Crippen MR) is 153 cm³/mol. The summed E-state index contributed by atoms with van der Waals surface area (Å²) in [5.41, 5.74) is 1.07. The fourth-order valence-electron chi connectivity index (χ4n) is 5.96. The highest BCUT2D eigenvalue weighted by Gasteiger charge is 2.51. The first kappa shape index (κ1) is 30.0. The molecule has 3 heterocycles. The van der Waals surface area contributed by atoms with Gasteiger partial charge in [-0.15, -0.1) is 0 Å². The zero-order valence-corrected chi connectivity index (χ0v) is 25.0. The molecule has 1 aliphatic carbocycles. The number of benzene rings is 1.